The molecule has 2 aromatic rings. The number of anilines is 1. The van der Waals surface area contributed by atoms with Crippen molar-refractivity contribution >= 4 is 22.9 Å². The number of aryl methyl sites for hydroxylation is 1. The van der Waals surface area contributed by atoms with Crippen molar-refractivity contribution in [3.8, 4) is 0 Å². The highest BCUT2D eigenvalue weighted by Gasteiger charge is 2.36. The van der Waals surface area contributed by atoms with Crippen molar-refractivity contribution in [3.05, 3.63) is 46.2 Å². The third kappa shape index (κ3) is 2.89. The van der Waals surface area contributed by atoms with Crippen LogP contribution >= 0.6 is 11.3 Å². The molecule has 0 aliphatic carbocycles. The molecule has 1 fully saturated rings. The van der Waals surface area contributed by atoms with Gasteiger partial charge in [-0.2, -0.15) is 0 Å². The van der Waals surface area contributed by atoms with E-state index in [1.165, 1.54) is 6.07 Å². The van der Waals surface area contributed by atoms with Crippen LogP contribution < -0.4 is 4.90 Å². The molecule has 4 nitrogen and oxygen atoms in total. The van der Waals surface area contributed by atoms with Crippen molar-refractivity contribution in [3.63, 3.8) is 0 Å². The number of aromatic nitrogens is 1. The predicted octanol–water partition coefficient (Wildman–Crippen LogP) is 2.83. The van der Waals surface area contributed by atoms with Crippen LogP contribution in [0.1, 0.15) is 16.3 Å². The topological polar surface area (TPSA) is 36.4 Å². The Morgan fingerprint density at radius 1 is 1.45 bits per heavy atom. The van der Waals surface area contributed by atoms with Gasteiger partial charge in [-0.1, -0.05) is 12.1 Å². The largest absolute Gasteiger partial charge is 0.308 e. The van der Waals surface area contributed by atoms with Gasteiger partial charge in [0, 0.05) is 24.2 Å². The van der Waals surface area contributed by atoms with E-state index in [0.717, 1.165) is 9.88 Å². The maximum absolute atomic E-state index is 13.9. The summed E-state index contributed by atoms with van der Waals surface area (Å²) in [4.78, 5) is 21.5. The summed E-state index contributed by atoms with van der Waals surface area (Å²) in [6, 6.07) is 6.22. The summed E-state index contributed by atoms with van der Waals surface area (Å²) in [5, 5.41) is 1.02. The van der Waals surface area contributed by atoms with Crippen molar-refractivity contribution in [1.82, 2.24) is 9.88 Å². The number of hydrogen-bond donors (Lipinski definition) is 0. The molecule has 1 atom stereocenters. The third-order valence-electron chi connectivity index (χ3n) is 3.93. The maximum atomic E-state index is 13.9. The minimum absolute atomic E-state index is 0.0335. The van der Waals surface area contributed by atoms with E-state index >= 15 is 0 Å². The summed E-state index contributed by atoms with van der Waals surface area (Å²) in [5.41, 5.74) is 0.372. The van der Waals surface area contributed by atoms with E-state index in [9.17, 15) is 9.18 Å². The van der Waals surface area contributed by atoms with Crippen LogP contribution in [-0.4, -0.2) is 35.4 Å². The van der Waals surface area contributed by atoms with Gasteiger partial charge in [-0.15, -0.1) is 11.3 Å². The molecule has 1 saturated heterocycles. The molecule has 1 amide bonds. The number of carbonyl (C=O) groups excluding carboxylic acids is 1. The molecule has 3 rings (SSSR count). The quantitative estimate of drug-likeness (QED) is 0.869. The van der Waals surface area contributed by atoms with Gasteiger partial charge in [-0.25, -0.2) is 9.37 Å². The van der Waals surface area contributed by atoms with E-state index in [2.05, 4.69) is 4.98 Å². The molecule has 2 heterocycles. The summed E-state index contributed by atoms with van der Waals surface area (Å²) < 4.78 is 13.9. The first-order chi connectivity index (χ1) is 10.6. The molecule has 1 aliphatic rings. The molecule has 0 unspecified atom stereocenters. The molecule has 0 bridgehead atoms. The summed E-state index contributed by atoms with van der Waals surface area (Å²) >= 11 is 1.64. The molecule has 116 valence electrons. The Morgan fingerprint density at radius 3 is 2.91 bits per heavy atom. The lowest BCUT2D eigenvalue weighted by molar-refractivity contribution is -0.121. The van der Waals surface area contributed by atoms with Crippen molar-refractivity contribution in [2.45, 2.75) is 25.9 Å². The summed E-state index contributed by atoms with van der Waals surface area (Å²) in [5.74, 6) is -0.383. The average molecular weight is 319 g/mol. The number of rotatable bonds is 4. The average Bonchev–Trinajstić information content (AvgIpc) is 3.06. The highest BCUT2D eigenvalue weighted by molar-refractivity contribution is 7.11. The van der Waals surface area contributed by atoms with E-state index in [1.807, 2.05) is 25.1 Å². The lowest BCUT2D eigenvalue weighted by atomic mass is 10.2. The lowest BCUT2D eigenvalue weighted by Gasteiger charge is -2.23. The molecule has 22 heavy (non-hydrogen) atoms. The molecule has 0 saturated carbocycles. The second-order valence-corrected chi connectivity index (χ2v) is 6.83. The Morgan fingerprint density at radius 2 is 2.23 bits per heavy atom. The van der Waals surface area contributed by atoms with Gasteiger partial charge in [0.1, 0.15) is 5.82 Å². The highest BCUT2D eigenvalue weighted by atomic mass is 32.1. The zero-order valence-corrected chi connectivity index (χ0v) is 13.4. The standard InChI is InChI=1S/C16H18FN3OS/c1-11-18-9-12(22-11)10-19(2)15-7-8-20(16(15)21)14-6-4-3-5-13(14)17/h3-6,9,15H,7-8,10H2,1-2H3/t15-/m1/s1. The van der Waals surface area contributed by atoms with E-state index in [4.69, 9.17) is 0 Å². The smallest absolute Gasteiger partial charge is 0.244 e. The van der Waals surface area contributed by atoms with Crippen LogP contribution in [0, 0.1) is 12.7 Å². The van der Waals surface area contributed by atoms with Crippen molar-refractivity contribution in [1.29, 1.82) is 0 Å². The van der Waals surface area contributed by atoms with Crippen LogP contribution in [0.2, 0.25) is 0 Å². The molecule has 0 radical (unpaired) electrons. The summed E-state index contributed by atoms with van der Waals surface area (Å²) in [7, 11) is 1.93. The zero-order chi connectivity index (χ0) is 15.7. The maximum Gasteiger partial charge on any atom is 0.244 e. The van der Waals surface area contributed by atoms with Crippen molar-refractivity contribution < 1.29 is 9.18 Å². The number of nitrogens with zero attached hydrogens (tertiary/aromatic N) is 3. The molecular weight excluding hydrogens is 301 g/mol. The number of para-hydroxylation sites is 1. The van der Waals surface area contributed by atoms with Gasteiger partial charge < -0.3 is 4.90 Å². The van der Waals surface area contributed by atoms with E-state index < -0.39 is 0 Å². The molecular formula is C16H18FN3OS. The number of thiazole rings is 1. The minimum Gasteiger partial charge on any atom is -0.308 e. The highest BCUT2D eigenvalue weighted by Crippen LogP contribution is 2.27. The van der Waals surface area contributed by atoms with Crippen LogP contribution in [0.4, 0.5) is 10.1 Å². The van der Waals surface area contributed by atoms with Gasteiger partial charge in [0.2, 0.25) is 5.91 Å². The van der Waals surface area contributed by atoms with Gasteiger partial charge >= 0.3 is 0 Å². The molecule has 1 aliphatic heterocycles. The number of benzene rings is 1. The Bertz CT molecular complexity index is 688. The Balaban J connectivity index is 1.72. The second kappa shape index (κ2) is 6.14. The molecule has 1 aromatic carbocycles. The van der Waals surface area contributed by atoms with Gasteiger partial charge in [0.05, 0.1) is 16.7 Å². The number of amides is 1. The summed E-state index contributed by atoms with van der Waals surface area (Å²) in [6.07, 6.45) is 2.56. The lowest BCUT2D eigenvalue weighted by Crippen LogP contribution is -2.39. The monoisotopic (exact) mass is 319 g/mol. The first-order valence-electron chi connectivity index (χ1n) is 7.23. The Kier molecular flexibility index (Phi) is 4.22. The number of halogens is 1. The predicted molar refractivity (Wildman–Crippen MR) is 85.5 cm³/mol. The minimum atomic E-state index is -0.350. The van der Waals surface area contributed by atoms with E-state index in [0.29, 0.717) is 25.2 Å². The van der Waals surface area contributed by atoms with Crippen LogP contribution in [0.3, 0.4) is 0 Å². The van der Waals surface area contributed by atoms with E-state index in [1.54, 1.807) is 34.4 Å². The molecule has 0 N–H and O–H groups in total. The first-order valence-corrected chi connectivity index (χ1v) is 8.05. The van der Waals surface area contributed by atoms with Gasteiger partial charge in [0.25, 0.3) is 0 Å². The van der Waals surface area contributed by atoms with Crippen LogP contribution in [-0.2, 0) is 11.3 Å². The fourth-order valence-electron chi connectivity index (χ4n) is 2.82. The number of likely N-dealkylation sites (N-methyl/N-ethyl adjacent to an activating group) is 1. The summed E-state index contributed by atoms with van der Waals surface area (Å²) in [6.45, 7) is 3.21. The third-order valence-corrected chi connectivity index (χ3v) is 4.82. The Hall–Kier alpha value is -1.79. The molecule has 6 heteroatoms. The molecule has 0 spiro atoms. The second-order valence-electron chi connectivity index (χ2n) is 5.51. The van der Waals surface area contributed by atoms with Gasteiger partial charge in [-0.05, 0) is 32.5 Å². The van der Waals surface area contributed by atoms with Crippen LogP contribution in [0.25, 0.3) is 0 Å². The van der Waals surface area contributed by atoms with Gasteiger partial charge in [0.15, 0.2) is 0 Å². The number of hydrogen-bond acceptors (Lipinski definition) is 4. The van der Waals surface area contributed by atoms with E-state index in [-0.39, 0.29) is 17.8 Å². The van der Waals surface area contributed by atoms with Crippen LogP contribution in [0.15, 0.2) is 30.5 Å². The SMILES string of the molecule is Cc1ncc(CN(C)[C@@H]2CCN(c3ccccc3F)C2=O)s1. The zero-order valence-electron chi connectivity index (χ0n) is 12.6. The van der Waals surface area contributed by atoms with Crippen LogP contribution in [0.5, 0.6) is 0 Å². The first kappa shape index (κ1) is 15.1. The molecule has 1 aromatic heterocycles. The van der Waals surface area contributed by atoms with Gasteiger partial charge in [-0.3, -0.25) is 9.69 Å². The fraction of sp³-hybridized carbons (Fsp3) is 0.375. The fourth-order valence-corrected chi connectivity index (χ4v) is 3.68. The number of carbonyl (C=O) groups is 1. The Labute approximate surface area is 133 Å². The van der Waals surface area contributed by atoms with Crippen molar-refractivity contribution in [2.24, 2.45) is 0 Å². The normalized spacial score (nSPS) is 18.5. The van der Waals surface area contributed by atoms with Crippen molar-refractivity contribution in [2.75, 3.05) is 18.5 Å².